The van der Waals surface area contributed by atoms with E-state index in [1.54, 1.807) is 0 Å². The number of rotatable bonds is 4. The minimum absolute atomic E-state index is 0.0475. The van der Waals surface area contributed by atoms with Crippen LogP contribution in [0.4, 0.5) is 46.5 Å². The molecule has 0 spiro atoms. The molecule has 0 bridgehead atoms. The standard InChI is InChI=1S/C19H6ClF8NO2/c20-6-1-4-10(9(22)5-6)29-17-7(2-3-8(21)11(17)23)19(30)31-18-15(27)13(25)12(24)14(26)16(18)28/h1-5,29H. The summed E-state index contributed by atoms with van der Waals surface area (Å²) in [6, 6.07) is 3.98. The summed E-state index contributed by atoms with van der Waals surface area (Å²) in [7, 11) is 0. The Morgan fingerprint density at radius 3 is 1.90 bits per heavy atom. The predicted molar refractivity (Wildman–Crippen MR) is 92.2 cm³/mol. The van der Waals surface area contributed by atoms with Crippen LogP contribution in [0.2, 0.25) is 5.02 Å². The first-order valence-corrected chi connectivity index (χ1v) is 8.34. The minimum atomic E-state index is -2.50. The number of esters is 1. The van der Waals surface area contributed by atoms with Crippen LogP contribution in [0, 0.1) is 46.5 Å². The van der Waals surface area contributed by atoms with E-state index >= 15 is 0 Å². The summed E-state index contributed by atoms with van der Waals surface area (Å²) in [6.07, 6.45) is 0. The predicted octanol–water partition coefficient (Wildman–Crippen LogP) is 6.42. The third kappa shape index (κ3) is 4.13. The summed E-state index contributed by atoms with van der Waals surface area (Å²) in [4.78, 5) is 12.3. The molecule has 0 saturated heterocycles. The normalized spacial score (nSPS) is 10.9. The Kier molecular flexibility index (Phi) is 6.07. The number of hydrogen-bond acceptors (Lipinski definition) is 3. The highest BCUT2D eigenvalue weighted by molar-refractivity contribution is 6.30. The molecule has 0 aliphatic carbocycles. The minimum Gasteiger partial charge on any atom is -0.416 e. The Balaban J connectivity index is 2.06. The van der Waals surface area contributed by atoms with E-state index in [0.717, 1.165) is 18.2 Å². The quantitative estimate of drug-likeness (QED) is 0.158. The van der Waals surface area contributed by atoms with Gasteiger partial charge in [-0.05, 0) is 30.3 Å². The van der Waals surface area contributed by atoms with Crippen molar-refractivity contribution in [2.75, 3.05) is 5.32 Å². The second kappa shape index (κ2) is 8.42. The zero-order valence-corrected chi connectivity index (χ0v) is 15.4. The first kappa shape index (κ1) is 22.3. The van der Waals surface area contributed by atoms with Crippen LogP contribution in [-0.2, 0) is 0 Å². The van der Waals surface area contributed by atoms with Crippen LogP contribution < -0.4 is 10.1 Å². The number of carbonyl (C=O) groups excluding carboxylic acids is 1. The third-order valence-electron chi connectivity index (χ3n) is 3.87. The molecule has 0 aromatic heterocycles. The molecule has 3 aromatic carbocycles. The van der Waals surface area contributed by atoms with Gasteiger partial charge in [-0.15, -0.1) is 0 Å². The molecule has 0 unspecified atom stereocenters. The molecule has 3 nitrogen and oxygen atoms in total. The number of halogens is 9. The summed E-state index contributed by atoms with van der Waals surface area (Å²) in [5.41, 5.74) is -2.47. The summed E-state index contributed by atoms with van der Waals surface area (Å²) >= 11 is 5.58. The molecule has 12 heteroatoms. The number of ether oxygens (including phenoxy) is 1. The molecule has 0 fully saturated rings. The van der Waals surface area contributed by atoms with Crippen molar-refractivity contribution in [3.63, 3.8) is 0 Å². The lowest BCUT2D eigenvalue weighted by molar-refractivity contribution is 0.0716. The van der Waals surface area contributed by atoms with E-state index in [1.165, 1.54) is 0 Å². The third-order valence-corrected chi connectivity index (χ3v) is 4.10. The van der Waals surface area contributed by atoms with Crippen LogP contribution in [0.3, 0.4) is 0 Å². The van der Waals surface area contributed by atoms with Crippen molar-refractivity contribution in [3.8, 4) is 5.75 Å². The van der Waals surface area contributed by atoms with E-state index in [0.29, 0.717) is 12.1 Å². The Hall–Kier alpha value is -3.34. The van der Waals surface area contributed by atoms with Gasteiger partial charge >= 0.3 is 5.97 Å². The average molecular weight is 468 g/mol. The highest BCUT2D eigenvalue weighted by Gasteiger charge is 2.30. The Labute approximate surface area is 172 Å². The molecule has 0 heterocycles. The van der Waals surface area contributed by atoms with Gasteiger partial charge in [0.05, 0.1) is 16.9 Å². The molecule has 31 heavy (non-hydrogen) atoms. The van der Waals surface area contributed by atoms with Crippen LogP contribution in [0.15, 0.2) is 30.3 Å². The van der Waals surface area contributed by atoms with Crippen LogP contribution in [-0.4, -0.2) is 5.97 Å². The Morgan fingerprint density at radius 1 is 0.742 bits per heavy atom. The Morgan fingerprint density at radius 2 is 1.32 bits per heavy atom. The molecule has 0 aliphatic heterocycles. The van der Waals surface area contributed by atoms with Crippen molar-refractivity contribution >= 4 is 28.9 Å². The van der Waals surface area contributed by atoms with Gasteiger partial charge in [-0.2, -0.15) is 8.78 Å². The maximum Gasteiger partial charge on any atom is 0.345 e. The molecule has 0 aliphatic rings. The lowest BCUT2D eigenvalue weighted by atomic mass is 10.1. The smallest absolute Gasteiger partial charge is 0.345 e. The van der Waals surface area contributed by atoms with E-state index < -0.39 is 75.2 Å². The summed E-state index contributed by atoms with van der Waals surface area (Å²) in [6.45, 7) is 0. The summed E-state index contributed by atoms with van der Waals surface area (Å²) in [5, 5.41) is 2.01. The fraction of sp³-hybridized carbons (Fsp3) is 0. The maximum absolute atomic E-state index is 14.3. The van der Waals surface area contributed by atoms with Gasteiger partial charge in [0.15, 0.2) is 11.6 Å². The van der Waals surface area contributed by atoms with E-state index in [2.05, 4.69) is 10.1 Å². The fourth-order valence-corrected chi connectivity index (χ4v) is 2.55. The van der Waals surface area contributed by atoms with Gasteiger partial charge < -0.3 is 10.1 Å². The first-order chi connectivity index (χ1) is 14.5. The molecule has 0 radical (unpaired) electrons. The number of benzene rings is 3. The highest BCUT2D eigenvalue weighted by atomic mass is 35.5. The molecule has 3 rings (SSSR count). The van der Waals surface area contributed by atoms with Crippen LogP contribution in [0.25, 0.3) is 0 Å². The number of anilines is 2. The van der Waals surface area contributed by atoms with Gasteiger partial charge in [0, 0.05) is 5.02 Å². The number of hydrogen-bond donors (Lipinski definition) is 1. The van der Waals surface area contributed by atoms with Gasteiger partial charge in [0.25, 0.3) is 0 Å². The monoisotopic (exact) mass is 467 g/mol. The van der Waals surface area contributed by atoms with E-state index in [4.69, 9.17) is 11.6 Å². The van der Waals surface area contributed by atoms with Crippen LogP contribution >= 0.6 is 11.6 Å². The molecule has 0 amide bonds. The average Bonchev–Trinajstić information content (AvgIpc) is 2.73. The lowest BCUT2D eigenvalue weighted by Gasteiger charge is -2.14. The summed E-state index contributed by atoms with van der Waals surface area (Å²) in [5.74, 6) is -20.3. The largest absolute Gasteiger partial charge is 0.416 e. The number of carbonyl (C=O) groups is 1. The van der Waals surface area contributed by atoms with Crippen molar-refractivity contribution in [1.29, 1.82) is 0 Å². The van der Waals surface area contributed by atoms with E-state index in [-0.39, 0.29) is 5.02 Å². The molecule has 162 valence electrons. The molecule has 0 atom stereocenters. The zero-order valence-electron chi connectivity index (χ0n) is 14.6. The summed E-state index contributed by atoms with van der Waals surface area (Å²) < 4.78 is 113. The fourth-order valence-electron chi connectivity index (χ4n) is 2.39. The van der Waals surface area contributed by atoms with Crippen molar-refractivity contribution in [2.45, 2.75) is 0 Å². The molecule has 1 N–H and O–H groups in total. The Bertz CT molecular complexity index is 1190. The van der Waals surface area contributed by atoms with Crippen LogP contribution in [0.1, 0.15) is 10.4 Å². The SMILES string of the molecule is O=C(Oc1c(F)c(F)c(F)c(F)c1F)c1ccc(F)c(F)c1Nc1ccc(Cl)cc1F. The van der Waals surface area contributed by atoms with Gasteiger partial charge in [-0.3, -0.25) is 0 Å². The van der Waals surface area contributed by atoms with Crippen molar-refractivity contribution in [2.24, 2.45) is 0 Å². The number of nitrogens with one attached hydrogen (secondary N) is 1. The maximum atomic E-state index is 14.3. The van der Waals surface area contributed by atoms with Gasteiger partial charge in [0.1, 0.15) is 5.82 Å². The molecular weight excluding hydrogens is 462 g/mol. The molecule has 0 saturated carbocycles. The second-order valence-electron chi connectivity index (χ2n) is 5.82. The van der Waals surface area contributed by atoms with Crippen molar-refractivity contribution in [3.05, 3.63) is 87.5 Å². The topological polar surface area (TPSA) is 38.3 Å². The van der Waals surface area contributed by atoms with Crippen LogP contribution in [0.5, 0.6) is 5.75 Å². The van der Waals surface area contributed by atoms with E-state index in [1.807, 2.05) is 0 Å². The highest BCUT2D eigenvalue weighted by Crippen LogP contribution is 2.33. The molecular formula is C19H6ClF8NO2. The van der Waals surface area contributed by atoms with Crippen molar-refractivity contribution < 1.29 is 44.7 Å². The van der Waals surface area contributed by atoms with E-state index in [9.17, 15) is 39.9 Å². The van der Waals surface area contributed by atoms with Gasteiger partial charge in [-0.1, -0.05) is 11.6 Å². The first-order valence-electron chi connectivity index (χ1n) is 7.96. The van der Waals surface area contributed by atoms with Gasteiger partial charge in [0.2, 0.25) is 34.8 Å². The van der Waals surface area contributed by atoms with Crippen molar-refractivity contribution in [1.82, 2.24) is 0 Å². The second-order valence-corrected chi connectivity index (χ2v) is 6.26. The zero-order chi connectivity index (χ0) is 23.0. The molecule has 3 aromatic rings. The lowest BCUT2D eigenvalue weighted by Crippen LogP contribution is -2.16. The van der Waals surface area contributed by atoms with Gasteiger partial charge in [-0.25, -0.2) is 31.1 Å².